The number of carbonyl (C=O) groups excluding carboxylic acids is 4. The number of carbonyl (C=O) groups is 4. The molecule has 0 aromatic heterocycles. The lowest BCUT2D eigenvalue weighted by atomic mass is 9.33. The van der Waals surface area contributed by atoms with Crippen molar-refractivity contribution in [2.24, 2.45) is 50.7 Å². The third-order valence-corrected chi connectivity index (χ3v) is 13.6. The Morgan fingerprint density at radius 2 is 1.59 bits per heavy atom. The largest absolute Gasteiger partial charge is 0.464 e. The zero-order valence-corrected chi connectivity index (χ0v) is 27.0. The number of halogens is 1. The second-order valence-corrected chi connectivity index (χ2v) is 15.9. The van der Waals surface area contributed by atoms with Crippen LogP contribution in [0, 0.1) is 50.7 Å². The zero-order chi connectivity index (χ0) is 30.3. The lowest BCUT2D eigenvalue weighted by Crippen LogP contribution is -2.66. The summed E-state index contributed by atoms with van der Waals surface area (Å²) in [4.78, 5) is 51.4. The summed E-state index contributed by atoms with van der Waals surface area (Å²) in [5.41, 5.74) is 0.547. The van der Waals surface area contributed by atoms with Gasteiger partial charge in [0.15, 0.2) is 0 Å². The molecule has 7 heteroatoms. The minimum atomic E-state index is -1.01. The highest BCUT2D eigenvalue weighted by molar-refractivity contribution is 6.49. The summed E-state index contributed by atoms with van der Waals surface area (Å²) < 4.78 is 11.4. The van der Waals surface area contributed by atoms with E-state index in [-0.39, 0.29) is 69.6 Å². The van der Waals surface area contributed by atoms with Gasteiger partial charge in [0.2, 0.25) is 11.6 Å². The Morgan fingerprint density at radius 3 is 2.20 bits per heavy atom. The van der Waals surface area contributed by atoms with Crippen molar-refractivity contribution >= 4 is 35.1 Å². The van der Waals surface area contributed by atoms with Crippen LogP contribution < -0.4 is 0 Å². The van der Waals surface area contributed by atoms with Crippen molar-refractivity contribution in [3.63, 3.8) is 0 Å². The molecule has 0 aromatic carbocycles. The zero-order valence-electron chi connectivity index (χ0n) is 26.3. The molecule has 0 N–H and O–H groups in total. The minimum Gasteiger partial charge on any atom is -0.464 e. The van der Waals surface area contributed by atoms with E-state index in [1.807, 2.05) is 13.8 Å². The molecule has 0 aliphatic heterocycles. The van der Waals surface area contributed by atoms with Gasteiger partial charge in [0, 0.05) is 17.9 Å². The molecule has 0 aromatic rings. The highest BCUT2D eigenvalue weighted by atomic mass is 35.5. The first kappa shape index (κ1) is 30.8. The minimum absolute atomic E-state index is 0.0221. The number of hydrogen-bond donors (Lipinski definition) is 0. The van der Waals surface area contributed by atoms with Gasteiger partial charge in [-0.15, -0.1) is 11.6 Å². The smallest absolute Gasteiger partial charge is 0.321 e. The normalized spacial score (nSPS) is 43.2. The highest BCUT2D eigenvalue weighted by Crippen LogP contribution is 2.76. The summed E-state index contributed by atoms with van der Waals surface area (Å²) in [6, 6.07) is 0. The highest BCUT2D eigenvalue weighted by Gasteiger charge is 2.71. The van der Waals surface area contributed by atoms with Crippen LogP contribution in [0.5, 0.6) is 0 Å². The van der Waals surface area contributed by atoms with Gasteiger partial charge in [-0.2, -0.15) is 0 Å². The van der Waals surface area contributed by atoms with Crippen molar-refractivity contribution in [2.45, 2.75) is 113 Å². The molecule has 0 bridgehead atoms. The SMILES string of the molecule is CC(=O)OC[C@@]12CC[C@]3(C)C(CCC4[C@@]5(C)CC[C@H](OC(=O)CCl)C(C)(C)C5CC[C@]43C)C1=C(C(C)C)C(=O)C2=O. The Bertz CT molecular complexity index is 1200. The van der Waals surface area contributed by atoms with E-state index in [0.717, 1.165) is 50.5 Å². The van der Waals surface area contributed by atoms with E-state index < -0.39 is 11.4 Å². The molecule has 0 heterocycles. The maximum atomic E-state index is 13.7. The van der Waals surface area contributed by atoms with Crippen LogP contribution in [0.4, 0.5) is 0 Å². The van der Waals surface area contributed by atoms with Crippen LogP contribution in [0.25, 0.3) is 0 Å². The molecule has 0 amide bonds. The molecule has 5 rings (SSSR count). The molecular weight excluding hydrogens is 540 g/mol. The number of rotatable bonds is 5. The predicted molar refractivity (Wildman–Crippen MR) is 157 cm³/mol. The molecule has 6 nitrogen and oxygen atoms in total. The molecule has 4 fully saturated rings. The number of hydrogen-bond acceptors (Lipinski definition) is 6. The molecular formula is C34H49ClO6. The molecule has 8 atom stereocenters. The van der Waals surface area contributed by atoms with Gasteiger partial charge in [-0.25, -0.2) is 0 Å². The van der Waals surface area contributed by atoms with Crippen molar-refractivity contribution in [3.8, 4) is 0 Å². The van der Waals surface area contributed by atoms with Gasteiger partial charge in [-0.05, 0) is 96.9 Å². The summed E-state index contributed by atoms with van der Waals surface area (Å²) in [5.74, 6) is -0.651. The summed E-state index contributed by atoms with van der Waals surface area (Å²) in [7, 11) is 0. The Morgan fingerprint density at radius 1 is 0.902 bits per heavy atom. The number of fused-ring (bicyclic) bond motifs is 7. The Hall–Kier alpha value is -1.69. The molecule has 0 saturated heterocycles. The van der Waals surface area contributed by atoms with Crippen molar-refractivity contribution in [1.29, 1.82) is 0 Å². The standard InChI is InChI=1S/C34H49ClO6/c1-19(2)26-27-21-9-10-23-31(6)13-12-24(41-25(37)17-35)30(4,5)22(31)11-14-33(23,8)32(21,7)15-16-34(27,18-40-20(3)36)29(39)28(26)38/h19,21-24H,9-18H2,1-8H3/t21?,22?,23?,24-,31-,32+,33+,34-/m0/s1. The van der Waals surface area contributed by atoms with Crippen LogP contribution in [0.15, 0.2) is 11.1 Å². The van der Waals surface area contributed by atoms with Gasteiger partial charge in [-0.1, -0.05) is 48.5 Å². The quantitative estimate of drug-likeness (QED) is 0.198. The molecule has 3 unspecified atom stereocenters. The van der Waals surface area contributed by atoms with Gasteiger partial charge in [0.05, 0.1) is 5.41 Å². The number of allylic oxidation sites excluding steroid dienone is 1. The predicted octanol–water partition coefficient (Wildman–Crippen LogP) is 6.86. The molecule has 5 aliphatic carbocycles. The van der Waals surface area contributed by atoms with Crippen LogP contribution in [0.3, 0.4) is 0 Å². The fraction of sp³-hybridized carbons (Fsp3) is 0.824. The first-order chi connectivity index (χ1) is 19.0. The number of alkyl halides is 1. The third-order valence-electron chi connectivity index (χ3n) is 13.4. The molecule has 0 spiro atoms. The third kappa shape index (κ3) is 4.08. The maximum Gasteiger partial charge on any atom is 0.321 e. The fourth-order valence-corrected chi connectivity index (χ4v) is 11.4. The first-order valence-electron chi connectivity index (χ1n) is 15.7. The first-order valence-corrected chi connectivity index (χ1v) is 16.3. The van der Waals surface area contributed by atoms with Crippen LogP contribution in [0.1, 0.15) is 107 Å². The fourth-order valence-electron chi connectivity index (χ4n) is 11.3. The van der Waals surface area contributed by atoms with Gasteiger partial charge < -0.3 is 9.47 Å². The van der Waals surface area contributed by atoms with Gasteiger partial charge in [0.1, 0.15) is 18.6 Å². The second-order valence-electron chi connectivity index (χ2n) is 15.6. The van der Waals surface area contributed by atoms with Crippen LogP contribution in [0.2, 0.25) is 0 Å². The Balaban J connectivity index is 1.55. The van der Waals surface area contributed by atoms with Gasteiger partial charge in [0.25, 0.3) is 0 Å². The van der Waals surface area contributed by atoms with Crippen LogP contribution in [-0.2, 0) is 28.7 Å². The van der Waals surface area contributed by atoms with E-state index in [2.05, 4.69) is 34.6 Å². The molecule has 0 radical (unpaired) electrons. The van der Waals surface area contributed by atoms with E-state index in [0.29, 0.717) is 23.8 Å². The summed E-state index contributed by atoms with van der Waals surface area (Å²) in [6.45, 7) is 17.3. The summed E-state index contributed by atoms with van der Waals surface area (Å²) >= 11 is 5.81. The molecule has 4 saturated carbocycles. The van der Waals surface area contributed by atoms with E-state index in [1.165, 1.54) is 6.92 Å². The van der Waals surface area contributed by atoms with Crippen LogP contribution in [-0.4, -0.2) is 42.1 Å². The van der Waals surface area contributed by atoms with Crippen molar-refractivity contribution in [3.05, 3.63) is 11.1 Å². The number of Topliss-reactive ketones (excluding diaryl/α,β-unsaturated/α-hetero) is 2. The monoisotopic (exact) mass is 588 g/mol. The van der Waals surface area contributed by atoms with E-state index in [9.17, 15) is 19.2 Å². The number of ketones is 2. The number of ether oxygens (including phenoxy) is 2. The Kier molecular flexibility index (Phi) is 7.44. The van der Waals surface area contributed by atoms with E-state index >= 15 is 0 Å². The van der Waals surface area contributed by atoms with E-state index in [4.69, 9.17) is 21.1 Å². The molecule has 5 aliphatic rings. The van der Waals surface area contributed by atoms with Gasteiger partial charge >= 0.3 is 11.9 Å². The molecule has 228 valence electrons. The van der Waals surface area contributed by atoms with Crippen molar-refractivity contribution < 1.29 is 28.7 Å². The maximum absolute atomic E-state index is 13.7. The average molecular weight is 589 g/mol. The second kappa shape index (κ2) is 9.92. The van der Waals surface area contributed by atoms with Gasteiger partial charge in [-0.3, -0.25) is 19.2 Å². The lowest BCUT2D eigenvalue weighted by molar-refractivity contribution is -0.233. The molecule has 41 heavy (non-hydrogen) atoms. The summed E-state index contributed by atoms with van der Waals surface area (Å²) in [6.07, 6.45) is 7.18. The lowest BCUT2D eigenvalue weighted by Gasteiger charge is -2.72. The Labute approximate surface area is 250 Å². The van der Waals surface area contributed by atoms with Crippen molar-refractivity contribution in [1.82, 2.24) is 0 Å². The topological polar surface area (TPSA) is 86.7 Å². The van der Waals surface area contributed by atoms with E-state index in [1.54, 1.807) is 0 Å². The number of esters is 2. The van der Waals surface area contributed by atoms with Crippen molar-refractivity contribution in [2.75, 3.05) is 12.5 Å². The average Bonchev–Trinajstić information content (AvgIpc) is 3.11. The van der Waals surface area contributed by atoms with Crippen LogP contribution >= 0.6 is 11.6 Å². The summed E-state index contributed by atoms with van der Waals surface area (Å²) in [5, 5.41) is 0.